The Kier molecular flexibility index (Phi) is 5.64. The number of nitrogens with zero attached hydrogens (tertiary/aromatic N) is 5. The van der Waals surface area contributed by atoms with Crippen LogP contribution in [0.5, 0.6) is 0 Å². The van der Waals surface area contributed by atoms with Crippen molar-refractivity contribution < 1.29 is 26.3 Å². The lowest BCUT2D eigenvalue weighted by molar-refractivity contribution is -0.138. The van der Waals surface area contributed by atoms with Gasteiger partial charge >= 0.3 is 12.4 Å². The fourth-order valence-corrected chi connectivity index (χ4v) is 4.27. The maximum absolute atomic E-state index is 13.6. The average molecular weight is 507 g/mol. The molecule has 0 aliphatic carbocycles. The Hall–Kier alpha value is -4.03. The van der Waals surface area contributed by atoms with Gasteiger partial charge in [0.25, 0.3) is 0 Å². The van der Waals surface area contributed by atoms with E-state index in [0.29, 0.717) is 11.5 Å². The number of nitrogen functional groups attached to an aromatic ring is 1. The summed E-state index contributed by atoms with van der Waals surface area (Å²) in [5, 5.41) is 0. The molecular weight excluding hydrogens is 488 g/mol. The Bertz CT molecular complexity index is 1400. The van der Waals surface area contributed by atoms with Crippen LogP contribution in [-0.4, -0.2) is 46.1 Å². The number of nitrogens with two attached hydrogens (primary N) is 1. The molecule has 1 fully saturated rings. The molecule has 0 amide bonds. The van der Waals surface area contributed by atoms with E-state index >= 15 is 0 Å². The number of nitrogens with one attached hydrogen (secondary N) is 1. The zero-order valence-corrected chi connectivity index (χ0v) is 18.5. The number of alkyl halides is 6. The van der Waals surface area contributed by atoms with Gasteiger partial charge in [-0.15, -0.1) is 0 Å². The van der Waals surface area contributed by atoms with Crippen molar-refractivity contribution in [3.05, 3.63) is 59.9 Å². The van der Waals surface area contributed by atoms with Crippen molar-refractivity contribution in [3.8, 4) is 11.1 Å². The van der Waals surface area contributed by atoms with Crippen LogP contribution in [0.2, 0.25) is 0 Å². The van der Waals surface area contributed by atoms with Gasteiger partial charge in [0.2, 0.25) is 5.95 Å². The number of H-pyrrole nitrogens is 1. The van der Waals surface area contributed by atoms with E-state index in [0.717, 1.165) is 18.2 Å². The van der Waals surface area contributed by atoms with Crippen LogP contribution >= 0.6 is 0 Å². The van der Waals surface area contributed by atoms with Crippen LogP contribution in [0.25, 0.3) is 22.2 Å². The number of pyridine rings is 2. The first kappa shape index (κ1) is 23.7. The summed E-state index contributed by atoms with van der Waals surface area (Å²) in [6.07, 6.45) is -6.40. The summed E-state index contributed by atoms with van der Waals surface area (Å²) in [7, 11) is 0. The third-order valence-corrected chi connectivity index (χ3v) is 6.00. The number of rotatable bonds is 3. The minimum absolute atomic E-state index is 0.0621. The SMILES string of the molecule is Nc1ncccc1-c1cc(C(F)(F)F)cc2[nH]c(N3CCN(c4ncccc4C(F)(F)F)CC3)nc12. The minimum Gasteiger partial charge on any atom is -0.383 e. The second-order valence-corrected chi connectivity index (χ2v) is 8.26. The first-order valence-electron chi connectivity index (χ1n) is 10.9. The fraction of sp³-hybridized carbons (Fsp3) is 0.261. The Morgan fingerprint density at radius 2 is 1.47 bits per heavy atom. The molecular formula is C23H19F6N7. The molecule has 0 bridgehead atoms. The quantitative estimate of drug-likeness (QED) is 0.381. The molecule has 4 heterocycles. The Labute approximate surface area is 200 Å². The summed E-state index contributed by atoms with van der Waals surface area (Å²) < 4.78 is 81.0. The van der Waals surface area contributed by atoms with Gasteiger partial charge in [-0.2, -0.15) is 26.3 Å². The highest BCUT2D eigenvalue weighted by molar-refractivity contribution is 5.96. The van der Waals surface area contributed by atoms with Gasteiger partial charge in [0, 0.05) is 49.7 Å². The Morgan fingerprint density at radius 1 is 0.806 bits per heavy atom. The molecule has 1 aliphatic heterocycles. The number of piperazine rings is 1. The maximum Gasteiger partial charge on any atom is 0.419 e. The van der Waals surface area contributed by atoms with E-state index < -0.39 is 23.5 Å². The molecule has 5 rings (SSSR count). The highest BCUT2D eigenvalue weighted by Gasteiger charge is 2.37. The summed E-state index contributed by atoms with van der Waals surface area (Å²) in [4.78, 5) is 18.7. The van der Waals surface area contributed by atoms with Gasteiger partial charge in [-0.25, -0.2) is 15.0 Å². The zero-order chi connectivity index (χ0) is 25.7. The van der Waals surface area contributed by atoms with Crippen molar-refractivity contribution in [2.45, 2.75) is 12.4 Å². The highest BCUT2D eigenvalue weighted by atomic mass is 19.4. The third-order valence-electron chi connectivity index (χ3n) is 6.00. The maximum atomic E-state index is 13.6. The van der Waals surface area contributed by atoms with Gasteiger partial charge in [0.1, 0.15) is 11.6 Å². The number of halogens is 6. The molecule has 7 nitrogen and oxygen atoms in total. The van der Waals surface area contributed by atoms with Gasteiger partial charge in [0.05, 0.1) is 22.2 Å². The van der Waals surface area contributed by atoms with Crippen molar-refractivity contribution in [1.82, 2.24) is 19.9 Å². The summed E-state index contributed by atoms with van der Waals surface area (Å²) in [5.41, 5.74) is 5.17. The molecule has 4 aromatic rings. The van der Waals surface area contributed by atoms with Crippen LogP contribution in [0.15, 0.2) is 48.8 Å². The molecule has 0 spiro atoms. The van der Waals surface area contributed by atoms with Crippen LogP contribution in [0.4, 0.5) is 43.9 Å². The van der Waals surface area contributed by atoms with Crippen molar-refractivity contribution in [2.24, 2.45) is 0 Å². The topological polar surface area (TPSA) is 87.0 Å². The lowest BCUT2D eigenvalue weighted by atomic mass is 10.0. The number of imidazole rings is 1. The predicted octanol–water partition coefficient (Wildman–Crippen LogP) is 4.97. The standard InChI is InChI=1S/C23H19F6N7/c24-22(25,26)13-11-15(14-3-1-5-31-19(14)30)18-17(12-13)33-21(34-18)36-9-7-35(8-10-36)20-16(23(27,28)29)4-2-6-32-20/h1-6,11-12H,7-10H2,(H2,30,31)(H,33,34). The third kappa shape index (κ3) is 4.36. The molecule has 13 heteroatoms. The predicted molar refractivity (Wildman–Crippen MR) is 122 cm³/mol. The van der Waals surface area contributed by atoms with E-state index in [1.165, 1.54) is 23.4 Å². The summed E-state index contributed by atoms with van der Waals surface area (Å²) >= 11 is 0. The molecule has 188 valence electrons. The molecule has 3 aromatic heterocycles. The first-order valence-corrected chi connectivity index (χ1v) is 10.9. The van der Waals surface area contributed by atoms with Crippen molar-refractivity contribution in [2.75, 3.05) is 41.7 Å². The van der Waals surface area contributed by atoms with E-state index in [2.05, 4.69) is 19.9 Å². The van der Waals surface area contributed by atoms with Gasteiger partial charge in [0.15, 0.2) is 0 Å². The minimum atomic E-state index is -4.60. The normalized spacial score (nSPS) is 15.1. The average Bonchev–Trinajstić information content (AvgIpc) is 3.27. The second kappa shape index (κ2) is 8.57. The molecule has 0 saturated carbocycles. The smallest absolute Gasteiger partial charge is 0.383 e. The van der Waals surface area contributed by atoms with E-state index in [1.54, 1.807) is 17.0 Å². The number of hydrogen-bond donors (Lipinski definition) is 2. The molecule has 3 N–H and O–H groups in total. The molecule has 0 unspecified atom stereocenters. The van der Waals surface area contributed by atoms with Gasteiger partial charge in [-0.1, -0.05) is 0 Å². The first-order chi connectivity index (χ1) is 17.0. The van der Waals surface area contributed by atoms with Crippen molar-refractivity contribution in [1.29, 1.82) is 0 Å². The molecule has 0 atom stereocenters. The monoisotopic (exact) mass is 507 g/mol. The van der Waals surface area contributed by atoms with Crippen LogP contribution in [0, 0.1) is 0 Å². The van der Waals surface area contributed by atoms with Crippen molar-refractivity contribution in [3.63, 3.8) is 0 Å². The molecule has 1 aromatic carbocycles. The summed E-state index contributed by atoms with van der Waals surface area (Å²) in [6, 6.07) is 7.31. The van der Waals surface area contributed by atoms with Gasteiger partial charge in [-0.05, 0) is 36.4 Å². The second-order valence-electron chi connectivity index (χ2n) is 8.26. The van der Waals surface area contributed by atoms with E-state index in [4.69, 9.17) is 5.73 Å². The Balaban J connectivity index is 1.47. The largest absolute Gasteiger partial charge is 0.419 e. The highest BCUT2D eigenvalue weighted by Crippen LogP contribution is 2.39. The molecule has 1 saturated heterocycles. The Morgan fingerprint density at radius 3 is 2.14 bits per heavy atom. The molecule has 1 aliphatic rings. The van der Waals surface area contributed by atoms with Gasteiger partial charge < -0.3 is 20.5 Å². The lowest BCUT2D eigenvalue weighted by Crippen LogP contribution is -2.47. The summed E-state index contributed by atoms with van der Waals surface area (Å²) in [6.45, 7) is 0.995. The number of aromatic nitrogens is 4. The molecule has 36 heavy (non-hydrogen) atoms. The van der Waals surface area contributed by atoms with Crippen LogP contribution in [0.3, 0.4) is 0 Å². The molecule has 0 radical (unpaired) electrons. The number of aromatic amines is 1. The van der Waals surface area contributed by atoms with Crippen LogP contribution in [0.1, 0.15) is 11.1 Å². The van der Waals surface area contributed by atoms with E-state index in [1.807, 2.05) is 0 Å². The number of fused-ring (bicyclic) bond motifs is 1. The van der Waals surface area contributed by atoms with Crippen LogP contribution in [-0.2, 0) is 12.4 Å². The number of anilines is 3. The summed E-state index contributed by atoms with van der Waals surface area (Å²) in [5.74, 6) is 0.218. The fourth-order valence-electron chi connectivity index (χ4n) is 4.27. The van der Waals surface area contributed by atoms with Gasteiger partial charge in [-0.3, -0.25) is 0 Å². The lowest BCUT2D eigenvalue weighted by Gasteiger charge is -2.36. The number of hydrogen-bond acceptors (Lipinski definition) is 6. The van der Waals surface area contributed by atoms with Crippen LogP contribution < -0.4 is 15.5 Å². The number of benzene rings is 1. The van der Waals surface area contributed by atoms with Crippen molar-refractivity contribution >= 4 is 28.6 Å². The zero-order valence-electron chi connectivity index (χ0n) is 18.5. The van der Waals surface area contributed by atoms with E-state index in [9.17, 15) is 26.3 Å². The van der Waals surface area contributed by atoms with E-state index in [-0.39, 0.29) is 54.4 Å².